The van der Waals surface area contributed by atoms with Gasteiger partial charge in [0.05, 0.1) is 13.2 Å². The van der Waals surface area contributed by atoms with Crippen LogP contribution in [0.2, 0.25) is 0 Å². The average molecular weight is 330 g/mol. The summed E-state index contributed by atoms with van der Waals surface area (Å²) in [4.78, 5) is 0. The molecule has 2 aromatic carbocycles. The van der Waals surface area contributed by atoms with E-state index in [4.69, 9.17) is 26.4 Å². The Labute approximate surface area is 140 Å². The van der Waals surface area contributed by atoms with Crippen LogP contribution >= 0.6 is 12.2 Å². The third-order valence-corrected chi connectivity index (χ3v) is 3.79. The van der Waals surface area contributed by atoms with E-state index in [1.165, 1.54) is 0 Å². The molecule has 23 heavy (non-hydrogen) atoms. The van der Waals surface area contributed by atoms with E-state index in [-0.39, 0.29) is 12.8 Å². The average Bonchev–Trinajstić information content (AvgIpc) is 3.02. The molecule has 2 aromatic rings. The molecular weight excluding hydrogens is 312 g/mol. The first-order valence-electron chi connectivity index (χ1n) is 7.27. The van der Waals surface area contributed by atoms with Gasteiger partial charge in [0.25, 0.3) is 0 Å². The van der Waals surface area contributed by atoms with E-state index < -0.39 is 0 Å². The third-order valence-electron chi connectivity index (χ3n) is 3.57. The van der Waals surface area contributed by atoms with Crippen LogP contribution in [-0.4, -0.2) is 19.0 Å². The Balaban J connectivity index is 1.62. The zero-order chi connectivity index (χ0) is 16.2. The molecule has 0 aliphatic carbocycles. The number of thiocarbonyl (C=S) groups is 1. The molecule has 0 radical (unpaired) electrons. The van der Waals surface area contributed by atoms with Gasteiger partial charge in [-0.15, -0.1) is 0 Å². The van der Waals surface area contributed by atoms with Crippen molar-refractivity contribution in [1.29, 1.82) is 0 Å². The van der Waals surface area contributed by atoms with Crippen LogP contribution in [0, 0.1) is 0 Å². The summed E-state index contributed by atoms with van der Waals surface area (Å²) in [5.74, 6) is 2.30. The van der Waals surface area contributed by atoms with E-state index in [1.54, 1.807) is 7.11 Å². The Morgan fingerprint density at radius 1 is 1.17 bits per heavy atom. The summed E-state index contributed by atoms with van der Waals surface area (Å²) in [5, 5.41) is 6.95. The molecule has 0 saturated heterocycles. The van der Waals surface area contributed by atoms with Gasteiger partial charge in [0.1, 0.15) is 5.75 Å². The highest BCUT2D eigenvalue weighted by Crippen LogP contribution is 2.34. The minimum Gasteiger partial charge on any atom is -0.497 e. The van der Waals surface area contributed by atoms with E-state index in [0.29, 0.717) is 5.11 Å². The SMILES string of the molecule is COc1cccc(C(C)NC(=S)Nc2ccc3c(c2)OCO3)c1. The van der Waals surface area contributed by atoms with Gasteiger partial charge >= 0.3 is 0 Å². The molecule has 1 atom stereocenters. The van der Waals surface area contributed by atoms with E-state index in [9.17, 15) is 0 Å². The van der Waals surface area contributed by atoms with E-state index in [2.05, 4.69) is 10.6 Å². The summed E-state index contributed by atoms with van der Waals surface area (Å²) >= 11 is 5.38. The monoisotopic (exact) mass is 330 g/mol. The zero-order valence-electron chi connectivity index (χ0n) is 13.0. The number of rotatable bonds is 4. The lowest BCUT2D eigenvalue weighted by Crippen LogP contribution is -2.30. The molecule has 0 fully saturated rings. The molecular formula is C17H18N2O3S. The van der Waals surface area contributed by atoms with Gasteiger partial charge in [-0.25, -0.2) is 0 Å². The van der Waals surface area contributed by atoms with E-state index in [1.807, 2.05) is 49.4 Å². The minimum atomic E-state index is 0.0547. The summed E-state index contributed by atoms with van der Waals surface area (Å²) in [6.07, 6.45) is 0. The molecule has 1 heterocycles. The number of benzene rings is 2. The zero-order valence-corrected chi connectivity index (χ0v) is 13.8. The van der Waals surface area contributed by atoms with E-state index in [0.717, 1.165) is 28.5 Å². The van der Waals surface area contributed by atoms with Crippen molar-refractivity contribution in [2.75, 3.05) is 19.2 Å². The maximum absolute atomic E-state index is 5.38. The molecule has 5 nitrogen and oxygen atoms in total. The molecule has 0 amide bonds. The standard InChI is InChI=1S/C17H18N2O3S/c1-11(12-4-3-5-14(8-12)20-2)18-17(23)19-13-6-7-15-16(9-13)22-10-21-15/h3-9,11H,10H2,1-2H3,(H2,18,19,23). The topological polar surface area (TPSA) is 51.8 Å². The summed E-state index contributed by atoms with van der Waals surface area (Å²) in [6, 6.07) is 13.6. The number of hydrogen-bond donors (Lipinski definition) is 2. The van der Waals surface area contributed by atoms with Crippen molar-refractivity contribution in [3.63, 3.8) is 0 Å². The van der Waals surface area contributed by atoms with Gasteiger partial charge in [-0.1, -0.05) is 12.1 Å². The fraction of sp³-hybridized carbons (Fsp3) is 0.235. The van der Waals surface area contributed by atoms with Crippen molar-refractivity contribution >= 4 is 23.0 Å². The minimum absolute atomic E-state index is 0.0547. The number of hydrogen-bond acceptors (Lipinski definition) is 4. The van der Waals surface area contributed by atoms with Crippen molar-refractivity contribution in [2.24, 2.45) is 0 Å². The van der Waals surface area contributed by atoms with Crippen molar-refractivity contribution in [3.05, 3.63) is 48.0 Å². The number of ether oxygens (including phenoxy) is 3. The summed E-state index contributed by atoms with van der Waals surface area (Å²) in [5.41, 5.74) is 1.95. The van der Waals surface area contributed by atoms with Crippen LogP contribution in [0.3, 0.4) is 0 Å². The maximum atomic E-state index is 5.38. The predicted molar refractivity (Wildman–Crippen MR) is 93.3 cm³/mol. The van der Waals surface area contributed by atoms with Crippen LogP contribution in [-0.2, 0) is 0 Å². The maximum Gasteiger partial charge on any atom is 0.231 e. The molecule has 1 unspecified atom stereocenters. The predicted octanol–water partition coefficient (Wildman–Crippen LogP) is 3.47. The van der Waals surface area contributed by atoms with Gasteiger partial charge < -0.3 is 24.8 Å². The van der Waals surface area contributed by atoms with Gasteiger partial charge in [-0.05, 0) is 49.0 Å². The number of fused-ring (bicyclic) bond motifs is 1. The smallest absolute Gasteiger partial charge is 0.231 e. The van der Waals surface area contributed by atoms with Gasteiger partial charge in [-0.2, -0.15) is 0 Å². The Kier molecular flexibility index (Phi) is 4.52. The van der Waals surface area contributed by atoms with Gasteiger partial charge in [-0.3, -0.25) is 0 Å². The second-order valence-electron chi connectivity index (χ2n) is 5.16. The largest absolute Gasteiger partial charge is 0.497 e. The molecule has 0 bridgehead atoms. The fourth-order valence-corrected chi connectivity index (χ4v) is 2.63. The first-order chi connectivity index (χ1) is 11.2. The molecule has 0 saturated carbocycles. The molecule has 2 N–H and O–H groups in total. The van der Waals surface area contributed by atoms with E-state index >= 15 is 0 Å². The lowest BCUT2D eigenvalue weighted by Gasteiger charge is -2.18. The normalized spacial score (nSPS) is 13.3. The molecule has 3 rings (SSSR count). The molecule has 120 valence electrons. The van der Waals surface area contributed by atoms with Crippen molar-refractivity contribution < 1.29 is 14.2 Å². The molecule has 1 aliphatic rings. The second-order valence-corrected chi connectivity index (χ2v) is 5.57. The Bertz CT molecular complexity index is 721. The highest BCUT2D eigenvalue weighted by atomic mass is 32.1. The van der Waals surface area contributed by atoms with Gasteiger partial charge in [0.15, 0.2) is 16.6 Å². The van der Waals surface area contributed by atoms with Crippen molar-refractivity contribution in [3.8, 4) is 17.2 Å². The summed E-state index contributed by atoms with van der Waals surface area (Å²) in [6.45, 7) is 2.30. The molecule has 0 aromatic heterocycles. The first kappa shape index (κ1) is 15.4. The number of methoxy groups -OCH3 is 1. The van der Waals surface area contributed by atoms with Crippen LogP contribution in [0.5, 0.6) is 17.2 Å². The van der Waals surface area contributed by atoms with Crippen molar-refractivity contribution in [1.82, 2.24) is 5.32 Å². The van der Waals surface area contributed by atoms with Crippen LogP contribution in [0.1, 0.15) is 18.5 Å². The summed E-state index contributed by atoms with van der Waals surface area (Å²) in [7, 11) is 1.66. The quantitative estimate of drug-likeness (QED) is 0.837. The molecule has 6 heteroatoms. The number of nitrogens with one attached hydrogen (secondary N) is 2. The van der Waals surface area contributed by atoms with Gasteiger partial charge in [0.2, 0.25) is 6.79 Å². The number of anilines is 1. The Hall–Kier alpha value is -2.47. The van der Waals surface area contributed by atoms with Crippen LogP contribution in [0.25, 0.3) is 0 Å². The lowest BCUT2D eigenvalue weighted by atomic mass is 10.1. The fourth-order valence-electron chi connectivity index (χ4n) is 2.33. The second kappa shape index (κ2) is 6.75. The van der Waals surface area contributed by atoms with Crippen LogP contribution in [0.15, 0.2) is 42.5 Å². The molecule has 1 aliphatic heterocycles. The highest BCUT2D eigenvalue weighted by molar-refractivity contribution is 7.80. The lowest BCUT2D eigenvalue weighted by molar-refractivity contribution is 0.174. The third kappa shape index (κ3) is 3.65. The Morgan fingerprint density at radius 2 is 2.00 bits per heavy atom. The Morgan fingerprint density at radius 3 is 2.83 bits per heavy atom. The first-order valence-corrected chi connectivity index (χ1v) is 7.67. The van der Waals surface area contributed by atoms with Gasteiger partial charge in [0, 0.05) is 11.8 Å². The van der Waals surface area contributed by atoms with Crippen LogP contribution in [0.4, 0.5) is 5.69 Å². The van der Waals surface area contributed by atoms with Crippen LogP contribution < -0.4 is 24.8 Å². The highest BCUT2D eigenvalue weighted by Gasteiger charge is 2.14. The molecule has 0 spiro atoms. The van der Waals surface area contributed by atoms with Crippen molar-refractivity contribution in [2.45, 2.75) is 13.0 Å². The summed E-state index contributed by atoms with van der Waals surface area (Å²) < 4.78 is 15.9.